The van der Waals surface area contributed by atoms with Crippen LogP contribution in [-0.2, 0) is 13.0 Å². The molecule has 3 aromatic rings. The molecule has 0 N–H and O–H groups in total. The summed E-state index contributed by atoms with van der Waals surface area (Å²) in [6.07, 6.45) is 0.812. The number of hydrogen-bond acceptors (Lipinski definition) is 3. The second-order valence-electron chi connectivity index (χ2n) is 6.48. The predicted octanol–water partition coefficient (Wildman–Crippen LogP) is 4.06. The van der Waals surface area contributed by atoms with E-state index < -0.39 is 0 Å². The fourth-order valence-corrected chi connectivity index (χ4v) is 3.64. The average molecular weight is 347 g/mol. The van der Waals surface area contributed by atoms with E-state index in [9.17, 15) is 4.79 Å². The van der Waals surface area contributed by atoms with Crippen molar-refractivity contribution in [1.82, 2.24) is 4.90 Å². The first-order valence-electron chi connectivity index (χ1n) is 8.72. The highest BCUT2D eigenvalue weighted by atomic mass is 16.5. The number of amides is 1. The van der Waals surface area contributed by atoms with E-state index in [1.54, 1.807) is 14.2 Å². The quantitative estimate of drug-likeness (QED) is 0.717. The minimum atomic E-state index is 0.0715. The van der Waals surface area contributed by atoms with Crippen LogP contribution in [0.5, 0.6) is 11.5 Å². The minimum absolute atomic E-state index is 0.0715. The van der Waals surface area contributed by atoms with Crippen LogP contribution in [0.15, 0.2) is 54.6 Å². The van der Waals surface area contributed by atoms with Crippen LogP contribution in [0.1, 0.15) is 21.5 Å². The van der Waals surface area contributed by atoms with Gasteiger partial charge in [0.05, 0.1) is 14.2 Å². The molecule has 4 rings (SSSR count). The molecule has 1 aliphatic heterocycles. The number of nitrogens with zero attached hydrogens (tertiary/aromatic N) is 1. The molecule has 26 heavy (non-hydrogen) atoms. The fraction of sp³-hybridized carbons (Fsp3) is 0.227. The zero-order valence-corrected chi connectivity index (χ0v) is 15.0. The fourth-order valence-electron chi connectivity index (χ4n) is 3.64. The number of benzene rings is 3. The standard InChI is InChI=1S/C22H21NO3/c1-25-20-12-16-10-11-23(14-17(16)13-21(20)26-2)22(24)19-9-5-7-15-6-3-4-8-18(15)19/h3-9,12-13H,10-11,14H2,1-2H3. The van der Waals surface area contributed by atoms with Crippen molar-refractivity contribution >= 4 is 16.7 Å². The highest BCUT2D eigenvalue weighted by molar-refractivity contribution is 6.07. The van der Waals surface area contributed by atoms with Crippen molar-refractivity contribution in [2.45, 2.75) is 13.0 Å². The van der Waals surface area contributed by atoms with E-state index in [0.717, 1.165) is 34.1 Å². The molecule has 0 saturated heterocycles. The minimum Gasteiger partial charge on any atom is -0.493 e. The van der Waals surface area contributed by atoms with E-state index >= 15 is 0 Å². The maximum absolute atomic E-state index is 13.2. The van der Waals surface area contributed by atoms with Crippen LogP contribution < -0.4 is 9.47 Å². The van der Waals surface area contributed by atoms with Gasteiger partial charge in [0, 0.05) is 18.7 Å². The summed E-state index contributed by atoms with van der Waals surface area (Å²) < 4.78 is 10.8. The van der Waals surface area contributed by atoms with Crippen LogP contribution in [0.4, 0.5) is 0 Å². The number of methoxy groups -OCH3 is 2. The Morgan fingerprint density at radius 3 is 2.38 bits per heavy atom. The normalized spacial score (nSPS) is 13.4. The largest absolute Gasteiger partial charge is 0.493 e. The highest BCUT2D eigenvalue weighted by Gasteiger charge is 2.24. The van der Waals surface area contributed by atoms with E-state index in [1.807, 2.05) is 59.5 Å². The number of ether oxygens (including phenoxy) is 2. The summed E-state index contributed by atoms with van der Waals surface area (Å²) in [7, 11) is 3.27. The Bertz CT molecular complexity index is 975. The molecule has 132 valence electrons. The lowest BCUT2D eigenvalue weighted by atomic mass is 9.97. The number of carbonyl (C=O) groups excluding carboxylic acids is 1. The number of rotatable bonds is 3. The summed E-state index contributed by atoms with van der Waals surface area (Å²) in [5.74, 6) is 1.51. The Morgan fingerprint density at radius 1 is 0.923 bits per heavy atom. The topological polar surface area (TPSA) is 38.8 Å². The third kappa shape index (κ3) is 2.77. The number of hydrogen-bond donors (Lipinski definition) is 0. The molecular formula is C22H21NO3. The first-order chi connectivity index (χ1) is 12.7. The molecule has 4 nitrogen and oxygen atoms in total. The zero-order valence-electron chi connectivity index (χ0n) is 15.0. The van der Waals surface area contributed by atoms with Crippen LogP contribution >= 0.6 is 0 Å². The summed E-state index contributed by atoms with van der Waals surface area (Å²) in [5, 5.41) is 2.08. The Hall–Kier alpha value is -3.01. The van der Waals surface area contributed by atoms with Gasteiger partial charge in [0.1, 0.15) is 0 Å². The van der Waals surface area contributed by atoms with Gasteiger partial charge in [-0.25, -0.2) is 0 Å². The molecule has 0 fully saturated rings. The molecule has 1 heterocycles. The van der Waals surface area contributed by atoms with E-state index in [-0.39, 0.29) is 5.91 Å². The van der Waals surface area contributed by atoms with Gasteiger partial charge in [-0.15, -0.1) is 0 Å². The van der Waals surface area contributed by atoms with Gasteiger partial charge in [-0.3, -0.25) is 4.79 Å². The van der Waals surface area contributed by atoms with E-state index in [1.165, 1.54) is 5.56 Å². The summed E-state index contributed by atoms with van der Waals surface area (Å²) in [6, 6.07) is 17.9. The smallest absolute Gasteiger partial charge is 0.254 e. The van der Waals surface area contributed by atoms with Crippen molar-refractivity contribution in [3.63, 3.8) is 0 Å². The summed E-state index contributed by atoms with van der Waals surface area (Å²) in [6.45, 7) is 1.28. The third-order valence-corrected chi connectivity index (χ3v) is 5.03. The molecule has 1 aliphatic rings. The van der Waals surface area contributed by atoms with E-state index in [0.29, 0.717) is 18.8 Å². The predicted molar refractivity (Wildman–Crippen MR) is 102 cm³/mol. The average Bonchev–Trinajstić information content (AvgIpc) is 2.71. The molecule has 0 aromatic heterocycles. The molecule has 0 radical (unpaired) electrons. The van der Waals surface area contributed by atoms with Crippen molar-refractivity contribution in [2.24, 2.45) is 0 Å². The van der Waals surface area contributed by atoms with Crippen molar-refractivity contribution in [3.05, 3.63) is 71.3 Å². The van der Waals surface area contributed by atoms with Crippen LogP contribution in [0, 0.1) is 0 Å². The van der Waals surface area contributed by atoms with Crippen LogP contribution in [-0.4, -0.2) is 31.6 Å². The Morgan fingerprint density at radius 2 is 1.62 bits per heavy atom. The Balaban J connectivity index is 1.67. The van der Waals surface area contributed by atoms with E-state index in [2.05, 4.69) is 0 Å². The van der Waals surface area contributed by atoms with Crippen molar-refractivity contribution < 1.29 is 14.3 Å². The lowest BCUT2D eigenvalue weighted by Gasteiger charge is -2.30. The molecular weight excluding hydrogens is 326 g/mol. The lowest BCUT2D eigenvalue weighted by Crippen LogP contribution is -2.36. The summed E-state index contributed by atoms with van der Waals surface area (Å²) in [4.78, 5) is 15.1. The monoisotopic (exact) mass is 347 g/mol. The Labute approximate surface area is 153 Å². The zero-order chi connectivity index (χ0) is 18.1. The SMILES string of the molecule is COc1cc2c(cc1OC)CN(C(=O)c1cccc3ccccc13)CC2. The Kier molecular flexibility index (Phi) is 4.25. The molecule has 4 heteroatoms. The van der Waals surface area contributed by atoms with Gasteiger partial charge in [-0.05, 0) is 46.5 Å². The molecule has 0 saturated carbocycles. The van der Waals surface area contributed by atoms with Crippen molar-refractivity contribution in [3.8, 4) is 11.5 Å². The summed E-state index contributed by atoms with van der Waals surface area (Å²) >= 11 is 0. The van der Waals surface area contributed by atoms with Gasteiger partial charge in [-0.1, -0.05) is 36.4 Å². The van der Waals surface area contributed by atoms with Gasteiger partial charge >= 0.3 is 0 Å². The maximum Gasteiger partial charge on any atom is 0.254 e. The molecule has 0 aliphatic carbocycles. The number of carbonyl (C=O) groups is 1. The van der Waals surface area contributed by atoms with Gasteiger partial charge in [-0.2, -0.15) is 0 Å². The molecule has 0 atom stereocenters. The lowest BCUT2D eigenvalue weighted by molar-refractivity contribution is 0.0736. The first kappa shape index (κ1) is 16.5. The third-order valence-electron chi connectivity index (χ3n) is 5.03. The second-order valence-corrected chi connectivity index (χ2v) is 6.48. The summed E-state index contributed by atoms with van der Waals surface area (Å²) in [5.41, 5.74) is 3.08. The van der Waals surface area contributed by atoms with Crippen LogP contribution in [0.2, 0.25) is 0 Å². The molecule has 3 aromatic carbocycles. The molecule has 0 bridgehead atoms. The van der Waals surface area contributed by atoms with Gasteiger partial charge in [0.2, 0.25) is 0 Å². The maximum atomic E-state index is 13.2. The first-order valence-corrected chi connectivity index (χ1v) is 8.72. The van der Waals surface area contributed by atoms with E-state index in [4.69, 9.17) is 9.47 Å². The molecule has 0 spiro atoms. The van der Waals surface area contributed by atoms with Gasteiger partial charge < -0.3 is 14.4 Å². The number of fused-ring (bicyclic) bond motifs is 2. The second kappa shape index (κ2) is 6.71. The van der Waals surface area contributed by atoms with Crippen molar-refractivity contribution in [1.29, 1.82) is 0 Å². The van der Waals surface area contributed by atoms with Gasteiger partial charge in [0.15, 0.2) is 11.5 Å². The van der Waals surface area contributed by atoms with Crippen LogP contribution in [0.25, 0.3) is 10.8 Å². The van der Waals surface area contributed by atoms with Gasteiger partial charge in [0.25, 0.3) is 5.91 Å². The van der Waals surface area contributed by atoms with Crippen LogP contribution in [0.3, 0.4) is 0 Å². The van der Waals surface area contributed by atoms with Crippen molar-refractivity contribution in [2.75, 3.05) is 20.8 Å². The highest BCUT2D eigenvalue weighted by Crippen LogP contribution is 2.33. The molecule has 1 amide bonds. The molecule has 0 unspecified atom stereocenters.